The van der Waals surface area contributed by atoms with E-state index in [9.17, 15) is 4.79 Å². The monoisotopic (exact) mass is 490 g/mol. The molecule has 0 aliphatic rings. The third kappa shape index (κ3) is 2.87. The molecule has 0 atom stereocenters. The van der Waals surface area contributed by atoms with Crippen LogP contribution < -0.4 is 5.56 Å². The lowest BCUT2D eigenvalue weighted by Crippen LogP contribution is -2.20. The van der Waals surface area contributed by atoms with Crippen LogP contribution in [0.1, 0.15) is 0 Å². The molecule has 178 valence electrons. The van der Waals surface area contributed by atoms with Crippen molar-refractivity contribution in [2.45, 2.75) is 0 Å². The first-order valence-corrected chi connectivity index (χ1v) is 12.3. The van der Waals surface area contributed by atoms with Gasteiger partial charge in [0, 0.05) is 16.5 Å². The predicted octanol–water partition coefficient (Wildman–Crippen LogP) is 5.93. The van der Waals surface area contributed by atoms with Crippen LogP contribution in [0.5, 0.6) is 0 Å². The molecule has 0 unspecified atom stereocenters. The van der Waals surface area contributed by atoms with Crippen LogP contribution in [0.15, 0.2) is 114 Å². The van der Waals surface area contributed by atoms with Crippen molar-refractivity contribution in [2.75, 3.05) is 0 Å². The lowest BCUT2D eigenvalue weighted by atomic mass is 10.1. The quantitative estimate of drug-likeness (QED) is 0.222. The van der Waals surface area contributed by atoms with Gasteiger partial charge in [-0.2, -0.15) is 0 Å². The lowest BCUT2D eigenvalue weighted by molar-refractivity contribution is 1.04. The number of hydrogen-bond acceptors (Lipinski definition) is 5. The second kappa shape index (κ2) is 7.78. The van der Waals surface area contributed by atoms with E-state index in [4.69, 9.17) is 19.9 Å². The normalized spacial score (nSPS) is 11.8. The highest BCUT2D eigenvalue weighted by Crippen LogP contribution is 2.30. The van der Waals surface area contributed by atoms with Crippen molar-refractivity contribution in [3.05, 3.63) is 120 Å². The topological polar surface area (TPSA) is 77.5 Å². The van der Waals surface area contributed by atoms with Gasteiger partial charge in [-0.25, -0.2) is 24.3 Å². The predicted molar refractivity (Wildman–Crippen MR) is 149 cm³/mol. The van der Waals surface area contributed by atoms with Crippen molar-refractivity contribution in [1.82, 2.24) is 28.7 Å². The van der Waals surface area contributed by atoms with E-state index in [2.05, 4.69) is 0 Å². The Balaban J connectivity index is 1.62. The fraction of sp³-hybridized carbons (Fsp3) is 0. The Labute approximate surface area is 215 Å². The molecule has 7 nitrogen and oxygen atoms in total. The number of hydrogen-bond donors (Lipinski definition) is 0. The number of nitrogens with zero attached hydrogens (tertiary/aromatic N) is 6. The Morgan fingerprint density at radius 2 is 1.18 bits per heavy atom. The van der Waals surface area contributed by atoms with Gasteiger partial charge in [0.15, 0.2) is 17.0 Å². The van der Waals surface area contributed by atoms with E-state index in [1.807, 2.05) is 114 Å². The van der Waals surface area contributed by atoms with Gasteiger partial charge in [-0.15, -0.1) is 0 Å². The zero-order chi connectivity index (χ0) is 25.2. The van der Waals surface area contributed by atoms with Gasteiger partial charge in [-0.3, -0.25) is 9.20 Å². The van der Waals surface area contributed by atoms with Gasteiger partial charge in [-0.1, -0.05) is 84.9 Å². The summed E-state index contributed by atoms with van der Waals surface area (Å²) in [4.78, 5) is 34.0. The smallest absolute Gasteiger partial charge is 0.277 e. The Kier molecular flexibility index (Phi) is 4.25. The molecule has 0 radical (unpaired) electrons. The maximum atomic E-state index is 14.4. The van der Waals surface area contributed by atoms with Crippen molar-refractivity contribution >= 4 is 44.4 Å². The summed E-state index contributed by atoms with van der Waals surface area (Å²) < 4.78 is 3.60. The van der Waals surface area contributed by atoms with E-state index in [1.165, 1.54) is 0 Å². The summed E-state index contributed by atoms with van der Waals surface area (Å²) in [5, 5.41) is 0.841. The minimum Gasteiger partial charge on any atom is -0.277 e. The molecule has 0 saturated heterocycles. The maximum Gasteiger partial charge on any atom is 0.287 e. The highest BCUT2D eigenvalue weighted by Gasteiger charge is 2.21. The summed E-state index contributed by atoms with van der Waals surface area (Å²) in [6, 6.07) is 35.3. The molecule has 7 heteroatoms. The van der Waals surface area contributed by atoms with E-state index in [0.717, 1.165) is 33.1 Å². The molecular weight excluding hydrogens is 472 g/mol. The molecule has 38 heavy (non-hydrogen) atoms. The largest absolute Gasteiger partial charge is 0.287 e. The van der Waals surface area contributed by atoms with E-state index < -0.39 is 0 Å². The number of fused-ring (bicyclic) bond motifs is 9. The molecule has 0 saturated carbocycles. The Hall–Kier alpha value is -5.43. The minimum atomic E-state index is -0.284. The van der Waals surface area contributed by atoms with Gasteiger partial charge >= 0.3 is 0 Å². The third-order valence-electron chi connectivity index (χ3n) is 6.93. The van der Waals surface area contributed by atoms with Crippen molar-refractivity contribution in [2.24, 2.45) is 0 Å². The molecule has 0 amide bonds. The van der Waals surface area contributed by atoms with Crippen molar-refractivity contribution in [3.63, 3.8) is 0 Å². The highest BCUT2D eigenvalue weighted by atomic mass is 16.1. The summed E-state index contributed by atoms with van der Waals surface area (Å²) in [6.45, 7) is 0. The molecule has 0 aliphatic carbocycles. The van der Waals surface area contributed by atoms with Gasteiger partial charge in [0.2, 0.25) is 5.78 Å². The second-order valence-electron chi connectivity index (χ2n) is 9.15. The molecule has 4 heterocycles. The summed E-state index contributed by atoms with van der Waals surface area (Å²) in [5.41, 5.74) is 5.90. The van der Waals surface area contributed by atoms with Crippen molar-refractivity contribution in [3.8, 4) is 22.6 Å². The van der Waals surface area contributed by atoms with Crippen LogP contribution in [0, 0.1) is 0 Å². The maximum absolute atomic E-state index is 14.4. The molecule has 8 aromatic rings. The summed E-state index contributed by atoms with van der Waals surface area (Å²) in [5.74, 6) is 0.974. The average Bonchev–Trinajstić information content (AvgIpc) is 3.37. The molecule has 4 aromatic heterocycles. The molecular formula is C31H18N6O. The van der Waals surface area contributed by atoms with Gasteiger partial charge < -0.3 is 0 Å². The highest BCUT2D eigenvalue weighted by molar-refractivity contribution is 6.00. The first-order valence-electron chi connectivity index (χ1n) is 12.3. The molecule has 0 spiro atoms. The fourth-order valence-corrected chi connectivity index (χ4v) is 5.21. The zero-order valence-corrected chi connectivity index (χ0v) is 20.0. The van der Waals surface area contributed by atoms with Crippen LogP contribution in [0.3, 0.4) is 0 Å². The van der Waals surface area contributed by atoms with E-state index in [1.54, 1.807) is 4.40 Å². The molecule has 0 fully saturated rings. The standard InChI is InChI=1S/C31H18N6O/c38-30-27-26(25(19-11-3-1-4-12-19)33-28(34-27)20-13-5-2-6-14-20)35-29-21-15-7-9-17-23(21)36-24-18-10-8-16-22(24)32-31(36)37(29)30/h1-18H. The van der Waals surface area contributed by atoms with E-state index >= 15 is 0 Å². The van der Waals surface area contributed by atoms with E-state index in [0.29, 0.717) is 28.5 Å². The zero-order valence-electron chi connectivity index (χ0n) is 20.0. The Morgan fingerprint density at radius 1 is 0.526 bits per heavy atom. The van der Waals surface area contributed by atoms with Crippen LogP contribution in [0.2, 0.25) is 0 Å². The molecule has 0 N–H and O–H groups in total. The summed E-state index contributed by atoms with van der Waals surface area (Å²) in [6.07, 6.45) is 0. The third-order valence-corrected chi connectivity index (χ3v) is 6.93. The first kappa shape index (κ1) is 20.7. The van der Waals surface area contributed by atoms with Gasteiger partial charge in [-0.05, 0) is 24.3 Å². The number of benzene rings is 4. The van der Waals surface area contributed by atoms with Crippen LogP contribution >= 0.6 is 0 Å². The van der Waals surface area contributed by atoms with E-state index in [-0.39, 0.29) is 11.1 Å². The van der Waals surface area contributed by atoms with Gasteiger partial charge in [0.25, 0.3) is 5.56 Å². The summed E-state index contributed by atoms with van der Waals surface area (Å²) in [7, 11) is 0. The van der Waals surface area contributed by atoms with Gasteiger partial charge in [0.05, 0.1) is 16.6 Å². The molecule has 0 bridgehead atoms. The number of rotatable bonds is 2. The molecule has 8 rings (SSSR count). The molecule has 4 aromatic carbocycles. The van der Waals surface area contributed by atoms with Crippen LogP contribution in [0.4, 0.5) is 0 Å². The number of aromatic nitrogens is 6. The SMILES string of the molecule is O=c1c2nc(-c3ccccc3)nc(-c3ccccc3)c2nc2c3ccccc3n3c4ccccc4nc3n12. The molecule has 0 aliphatic heterocycles. The second-order valence-corrected chi connectivity index (χ2v) is 9.15. The minimum absolute atomic E-state index is 0.249. The first-order chi connectivity index (χ1) is 18.8. The van der Waals surface area contributed by atoms with Crippen molar-refractivity contribution in [1.29, 1.82) is 0 Å². The lowest BCUT2D eigenvalue weighted by Gasteiger charge is -2.13. The number of imidazole rings is 1. The fourth-order valence-electron chi connectivity index (χ4n) is 5.21. The summed E-state index contributed by atoms with van der Waals surface area (Å²) >= 11 is 0. The van der Waals surface area contributed by atoms with Crippen molar-refractivity contribution < 1.29 is 0 Å². The van der Waals surface area contributed by atoms with Crippen LogP contribution in [0.25, 0.3) is 67.0 Å². The van der Waals surface area contributed by atoms with Gasteiger partial charge in [0.1, 0.15) is 11.2 Å². The van der Waals surface area contributed by atoms with Crippen LogP contribution in [-0.4, -0.2) is 28.7 Å². The number of para-hydroxylation sites is 3. The van der Waals surface area contributed by atoms with Crippen LogP contribution in [-0.2, 0) is 0 Å². The Morgan fingerprint density at radius 3 is 1.97 bits per heavy atom. The Bertz CT molecular complexity index is 2250. The average molecular weight is 491 g/mol.